The van der Waals surface area contributed by atoms with Gasteiger partial charge in [0.05, 0.1) is 0 Å². The number of rotatable bonds is 3. The maximum atomic E-state index is 4.50. The summed E-state index contributed by atoms with van der Waals surface area (Å²) in [6, 6.07) is 4.33. The van der Waals surface area contributed by atoms with Crippen molar-refractivity contribution in [3.63, 3.8) is 0 Å². The fourth-order valence-electron chi connectivity index (χ4n) is 1.28. The van der Waals surface area contributed by atoms with E-state index >= 15 is 0 Å². The Labute approximate surface area is 162 Å². The molecule has 0 N–H and O–H groups in total. The van der Waals surface area contributed by atoms with Gasteiger partial charge in [-0.3, -0.25) is 0 Å². The molecule has 0 saturated heterocycles. The molecular formula is C12H8Br4N2Se2. The molecule has 2 aromatic rings. The molecule has 0 saturated carbocycles. The molecule has 2 heterocycles. The molecule has 0 radical (unpaired) electrons. The molecule has 2 aromatic heterocycles. The molecule has 0 aromatic carbocycles. The zero-order valence-electron chi connectivity index (χ0n) is 10.4. The van der Waals surface area contributed by atoms with Crippen molar-refractivity contribution in [1.82, 2.24) is 9.97 Å². The number of halogens is 4. The van der Waals surface area contributed by atoms with Crippen LogP contribution in [0.15, 0.2) is 30.3 Å². The topological polar surface area (TPSA) is 25.8 Å². The Morgan fingerprint density at radius 1 is 0.750 bits per heavy atom. The van der Waals surface area contributed by atoms with Gasteiger partial charge in [0.15, 0.2) is 0 Å². The summed E-state index contributed by atoms with van der Waals surface area (Å²) in [5, 5.41) is 0. The summed E-state index contributed by atoms with van der Waals surface area (Å²) in [4.78, 5) is 9.00. The monoisotopic (exact) mass is 656 g/mol. The van der Waals surface area contributed by atoms with E-state index in [0.29, 0.717) is 26.3 Å². The molecule has 0 aliphatic carbocycles. The predicted molar refractivity (Wildman–Crippen MR) is 99.5 cm³/mol. The fraction of sp³-hybridized carbons (Fsp3) is 0.167. The van der Waals surface area contributed by atoms with Crippen molar-refractivity contribution in [3.05, 3.63) is 41.7 Å². The molecule has 0 spiro atoms. The molecule has 0 bridgehead atoms. The van der Waals surface area contributed by atoms with Gasteiger partial charge in [-0.15, -0.1) is 0 Å². The predicted octanol–water partition coefficient (Wildman–Crippen LogP) is 3.42. The van der Waals surface area contributed by atoms with E-state index in [1.165, 1.54) is 8.92 Å². The van der Waals surface area contributed by atoms with Crippen molar-refractivity contribution in [3.8, 4) is 0 Å². The number of aryl methyl sites for hydroxylation is 2. The van der Waals surface area contributed by atoms with Crippen molar-refractivity contribution >= 4 is 98.9 Å². The second kappa shape index (κ2) is 7.69. The van der Waals surface area contributed by atoms with E-state index in [1.54, 1.807) is 0 Å². The van der Waals surface area contributed by atoms with Crippen LogP contribution in [0, 0.1) is 13.8 Å². The first kappa shape index (κ1) is 17.6. The summed E-state index contributed by atoms with van der Waals surface area (Å²) in [6.45, 7) is 3.99. The molecule has 20 heavy (non-hydrogen) atoms. The molecule has 0 fully saturated rings. The first-order valence-corrected chi connectivity index (χ1v) is 14.6. The van der Waals surface area contributed by atoms with Crippen molar-refractivity contribution in [2.45, 2.75) is 13.8 Å². The third kappa shape index (κ3) is 4.39. The van der Waals surface area contributed by atoms with E-state index in [2.05, 4.69) is 85.8 Å². The third-order valence-electron chi connectivity index (χ3n) is 2.37. The minimum atomic E-state index is 0.355. The molecular weight excluding hydrogens is 650 g/mol. The summed E-state index contributed by atoms with van der Waals surface area (Å²) in [5.41, 5.74) is 2.01. The van der Waals surface area contributed by atoms with Crippen LogP contribution in [0.5, 0.6) is 0 Å². The van der Waals surface area contributed by atoms with Crippen LogP contribution in [0.4, 0.5) is 0 Å². The fourth-order valence-corrected chi connectivity index (χ4v) is 13.0. The van der Waals surface area contributed by atoms with Gasteiger partial charge in [0.1, 0.15) is 0 Å². The van der Waals surface area contributed by atoms with Crippen LogP contribution in [0.1, 0.15) is 11.4 Å². The van der Waals surface area contributed by atoms with E-state index in [9.17, 15) is 0 Å². The quantitative estimate of drug-likeness (QED) is 0.374. The number of aromatic nitrogens is 2. The standard InChI is InChI=1S/C12H8Br4N2Se2/c1-5-7(13)3-9(11(15)17-5)19-20-10-4-8(14)6(2)18-12(10)16/h3-4H,1-2H3. The van der Waals surface area contributed by atoms with E-state index in [0.717, 1.165) is 29.5 Å². The molecule has 0 aliphatic rings. The Balaban J connectivity index is 2.21. The zero-order chi connectivity index (χ0) is 14.9. The van der Waals surface area contributed by atoms with Gasteiger partial charge in [-0.05, 0) is 0 Å². The van der Waals surface area contributed by atoms with Crippen LogP contribution in [-0.4, -0.2) is 36.2 Å². The van der Waals surface area contributed by atoms with Gasteiger partial charge < -0.3 is 0 Å². The normalized spacial score (nSPS) is 10.9. The SMILES string of the molecule is Cc1nc(Br)c([Se][Se]c2cc(Br)c(C)nc2Br)cc1Br. The number of pyridine rings is 2. The number of hydrogen-bond acceptors (Lipinski definition) is 2. The van der Waals surface area contributed by atoms with E-state index in [-0.39, 0.29) is 0 Å². The summed E-state index contributed by atoms with van der Waals surface area (Å²) >= 11 is 14.9. The summed E-state index contributed by atoms with van der Waals surface area (Å²) in [7, 11) is 0. The van der Waals surface area contributed by atoms with Crippen LogP contribution in [0.2, 0.25) is 0 Å². The average molecular weight is 658 g/mol. The van der Waals surface area contributed by atoms with Crippen LogP contribution < -0.4 is 8.92 Å². The van der Waals surface area contributed by atoms with Crippen molar-refractivity contribution in [2.24, 2.45) is 0 Å². The molecule has 0 aliphatic heterocycles. The molecule has 2 rings (SSSR count). The summed E-state index contributed by atoms with van der Waals surface area (Å²) in [5.74, 6) is 0. The van der Waals surface area contributed by atoms with Gasteiger partial charge in [-0.25, -0.2) is 0 Å². The Morgan fingerprint density at radius 3 is 1.45 bits per heavy atom. The molecule has 106 valence electrons. The van der Waals surface area contributed by atoms with Crippen LogP contribution in [-0.2, 0) is 0 Å². The Morgan fingerprint density at radius 2 is 1.10 bits per heavy atom. The molecule has 0 amide bonds. The van der Waals surface area contributed by atoms with E-state index < -0.39 is 0 Å². The minimum absolute atomic E-state index is 0.355. The third-order valence-corrected chi connectivity index (χ3v) is 13.4. The zero-order valence-corrected chi connectivity index (χ0v) is 20.1. The maximum absolute atomic E-state index is 4.50. The van der Waals surface area contributed by atoms with Crippen molar-refractivity contribution in [1.29, 1.82) is 0 Å². The second-order valence-electron chi connectivity index (χ2n) is 3.86. The molecule has 2 nitrogen and oxygen atoms in total. The van der Waals surface area contributed by atoms with Gasteiger partial charge >= 0.3 is 164 Å². The first-order chi connectivity index (χ1) is 9.38. The average Bonchev–Trinajstić information content (AvgIpc) is 2.37. The van der Waals surface area contributed by atoms with Gasteiger partial charge in [-0.1, -0.05) is 0 Å². The van der Waals surface area contributed by atoms with Crippen LogP contribution >= 0.6 is 63.7 Å². The van der Waals surface area contributed by atoms with E-state index in [4.69, 9.17) is 0 Å². The summed E-state index contributed by atoms with van der Waals surface area (Å²) < 4.78 is 6.59. The van der Waals surface area contributed by atoms with Gasteiger partial charge in [0.2, 0.25) is 0 Å². The molecule has 8 heteroatoms. The van der Waals surface area contributed by atoms with Crippen molar-refractivity contribution in [2.75, 3.05) is 0 Å². The van der Waals surface area contributed by atoms with Crippen LogP contribution in [0.3, 0.4) is 0 Å². The van der Waals surface area contributed by atoms with Gasteiger partial charge in [0, 0.05) is 0 Å². The number of hydrogen-bond donors (Lipinski definition) is 0. The first-order valence-electron chi connectivity index (χ1n) is 5.38. The van der Waals surface area contributed by atoms with Gasteiger partial charge in [0.25, 0.3) is 0 Å². The molecule has 0 unspecified atom stereocenters. The van der Waals surface area contributed by atoms with Crippen molar-refractivity contribution < 1.29 is 0 Å². The summed E-state index contributed by atoms with van der Waals surface area (Å²) in [6.07, 6.45) is 0. The Hall–Kier alpha value is 1.26. The van der Waals surface area contributed by atoms with Crippen LogP contribution in [0.25, 0.3) is 0 Å². The van der Waals surface area contributed by atoms with Gasteiger partial charge in [-0.2, -0.15) is 0 Å². The van der Waals surface area contributed by atoms with E-state index in [1.807, 2.05) is 13.8 Å². The Bertz CT molecular complexity index is 607. The number of nitrogens with zero attached hydrogens (tertiary/aromatic N) is 2. The second-order valence-corrected chi connectivity index (χ2v) is 13.2. The Kier molecular flexibility index (Phi) is 6.77. The molecule has 0 atom stereocenters.